The van der Waals surface area contributed by atoms with Crippen LogP contribution in [0.15, 0.2) is 15.8 Å². The van der Waals surface area contributed by atoms with Gasteiger partial charge in [0.2, 0.25) is 0 Å². The molecule has 0 aliphatic carbocycles. The summed E-state index contributed by atoms with van der Waals surface area (Å²) in [7, 11) is 3.91. The molecule has 30 atom stereocenters. The molecule has 20 N–H and O–H groups in total. The zero-order valence-corrected chi connectivity index (χ0v) is 61.0. The maximum absolute atomic E-state index is 12.1. The summed E-state index contributed by atoms with van der Waals surface area (Å²) in [5.41, 5.74) is 5.44. The number of hydrogen-bond donors (Lipinski definition) is 19. The van der Waals surface area contributed by atoms with Gasteiger partial charge in [0.1, 0.15) is 160 Å². The zero-order valence-electron chi connectivity index (χ0n) is 61.0. The van der Waals surface area contributed by atoms with E-state index in [4.69, 9.17) is 62.6 Å². The zero-order chi connectivity index (χ0) is 79.1. The van der Waals surface area contributed by atoms with Crippen LogP contribution in [0.4, 0.5) is 0 Å². The largest absolute Gasteiger partial charge is 0.737 e. The van der Waals surface area contributed by atoms with Gasteiger partial charge < -0.3 is 186 Å². The molecule has 6 saturated heterocycles. The minimum Gasteiger partial charge on any atom is -0.737 e. The van der Waals surface area contributed by atoms with Crippen molar-refractivity contribution in [2.75, 3.05) is 126 Å². The standard InChI is InChI=1S/C20H41N5O11.2C20H40N4O11/c1-11-14(27)15(28)19(13(10-26)34-11)36-20-17(30)16(29)18(33-2)12(35-20)9-24(25(32)23-31)8-4-7-22-6-3-5-21;1-4-7-23(24(31)22-30)8-5-6-21-9-12-18(32-3)16(28)17(29)20(34-12)35-19-13(10-25)33-11(2)14(26)15(19)27;1-4-6-21-7-5-8-23(24(31)22-30)9-12-18(32-3)16(28)17(29)20(34-12)35-19-13(10-25)33-11(2)14(26)15(19)27/h11-20,22,26-31H,3-10,21H2,1-2H3;2*11-21,25-30H,4-10H2,1-3H3/p-3/b25-23-;2*24-22-/t3*11-,12-,13-,14+,15-,16-,17-,18-,19?,20-/m111/s1. The van der Waals surface area contributed by atoms with Crippen LogP contribution in [-0.2, 0) is 56.8 Å². The van der Waals surface area contributed by atoms with Gasteiger partial charge in [-0.2, -0.15) is 0 Å². The third-order valence-corrected chi connectivity index (χ3v) is 18.8. The Morgan fingerprint density at radius 3 is 1.00 bits per heavy atom. The first-order chi connectivity index (χ1) is 50.6. The lowest BCUT2D eigenvalue weighted by Gasteiger charge is -2.46. The van der Waals surface area contributed by atoms with E-state index < -0.39 is 203 Å². The average Bonchev–Trinajstić information content (AvgIpc) is 0.794. The SMILES string of the molecule is CCCN(CCCNC[C@H]1O[C@H](OC2[C@@H](CO)O[C@H](C)[C@H](O)[C@H]2O)[C@H](O)[C@@H](O)[C@@H]1OC)/[N+]([O-])=N/[O-].CCCNCCCN(C[C@H]1O[C@H](OC2[C@@H](CO)O[C@H](C)[C@H](O)[C@H]2O)[C@H](O)[C@@H](O)[C@@H]1OC)/[N+]([O-])=N/[O-].CO[C@H]1[C@H](O)[C@@H](O)[C@@H](OC2[C@@H](CO)O[C@H](C)[C@H](O)[C@H]2O)O[C@@H]1CN(CCCNCCCN)/[N+]([O-])=N/[O-]. The van der Waals surface area contributed by atoms with Gasteiger partial charge in [0.25, 0.3) is 0 Å². The van der Waals surface area contributed by atoms with Gasteiger partial charge in [-0.05, 0) is 114 Å². The van der Waals surface area contributed by atoms with E-state index in [0.29, 0.717) is 71.5 Å². The molecule has 6 rings (SSSR count). The Labute approximate surface area is 613 Å². The van der Waals surface area contributed by atoms with Gasteiger partial charge in [0, 0.05) is 42.8 Å². The number of hydrazine groups is 3. The van der Waals surface area contributed by atoms with Gasteiger partial charge in [-0.3, -0.25) is 0 Å². The van der Waals surface area contributed by atoms with E-state index in [2.05, 4.69) is 31.8 Å². The first kappa shape index (κ1) is 94.1. The molecule has 6 aliphatic rings. The van der Waals surface area contributed by atoms with Crippen LogP contribution in [0.25, 0.3) is 0 Å². The van der Waals surface area contributed by atoms with Crippen LogP contribution in [0.3, 0.4) is 0 Å². The Kier molecular flexibility index (Phi) is 43.1. The molecule has 0 aromatic rings. The van der Waals surface area contributed by atoms with Crippen molar-refractivity contribution in [3.05, 3.63) is 31.2 Å². The van der Waals surface area contributed by atoms with Gasteiger partial charge in [0.15, 0.2) is 18.9 Å². The molecule has 0 amide bonds. The summed E-state index contributed by atoms with van der Waals surface area (Å²) in [5, 5.41) is 242. The maximum atomic E-state index is 12.1. The topological polar surface area (TPSA) is 671 Å². The second-order valence-corrected chi connectivity index (χ2v) is 26.3. The third kappa shape index (κ3) is 26.5. The summed E-state index contributed by atoms with van der Waals surface area (Å²) >= 11 is 0. The number of methoxy groups -OCH3 is 3. The summed E-state index contributed by atoms with van der Waals surface area (Å²) < 4.78 is 66.7. The highest BCUT2D eigenvalue weighted by Gasteiger charge is 2.55. The number of nitrogens with one attached hydrogen (secondary N) is 3. The molecule has 46 nitrogen and oxygen atoms in total. The highest BCUT2D eigenvalue weighted by Crippen LogP contribution is 2.34. The number of ether oxygens (including phenoxy) is 12. The lowest BCUT2D eigenvalue weighted by atomic mass is 9.94. The molecule has 0 radical (unpaired) electrons. The quantitative estimate of drug-likeness (QED) is 0.0117. The molecule has 0 spiro atoms. The highest BCUT2D eigenvalue weighted by atomic mass is 16.7. The summed E-state index contributed by atoms with van der Waals surface area (Å²) in [5.74, 6) is 0. The monoisotopic (exact) mass is 1550 g/mol. The van der Waals surface area contributed by atoms with E-state index in [1.54, 1.807) is 6.92 Å². The molecule has 624 valence electrons. The molecule has 0 aromatic heterocycles. The second-order valence-electron chi connectivity index (χ2n) is 26.3. The van der Waals surface area contributed by atoms with E-state index in [1.807, 2.05) is 13.8 Å². The van der Waals surface area contributed by atoms with Crippen LogP contribution in [0, 0.1) is 31.2 Å². The third-order valence-electron chi connectivity index (χ3n) is 18.8. The lowest BCUT2D eigenvalue weighted by Crippen LogP contribution is -2.65. The Balaban J connectivity index is 0.000000336. The van der Waals surface area contributed by atoms with Crippen molar-refractivity contribution in [1.82, 2.24) is 31.0 Å². The number of aliphatic hydroxyl groups excluding tert-OH is 15. The van der Waals surface area contributed by atoms with Crippen molar-refractivity contribution >= 4 is 0 Å². The number of hydrogen-bond acceptors (Lipinski definition) is 40. The van der Waals surface area contributed by atoms with Crippen LogP contribution >= 0.6 is 0 Å². The van der Waals surface area contributed by atoms with E-state index >= 15 is 0 Å². The van der Waals surface area contributed by atoms with Gasteiger partial charge in [-0.15, -0.1) is 15.0 Å². The van der Waals surface area contributed by atoms with Crippen molar-refractivity contribution in [2.45, 2.75) is 257 Å². The maximum Gasteiger partial charge on any atom is 0.187 e. The molecular formula is C60H118N13O33-3. The summed E-state index contributed by atoms with van der Waals surface area (Å²) in [6.45, 7) is 11.0. The molecule has 6 aliphatic heterocycles. The molecule has 0 saturated carbocycles. The average molecular weight is 1550 g/mol. The first-order valence-electron chi connectivity index (χ1n) is 35.5. The molecule has 0 bridgehead atoms. The van der Waals surface area contributed by atoms with Crippen LogP contribution in [0.2, 0.25) is 0 Å². The number of nitrogens with two attached hydrogens (primary N) is 1. The molecular weight excluding hydrogens is 1430 g/mol. The Hall–Kier alpha value is -4.24. The molecule has 6 fully saturated rings. The fraction of sp³-hybridized carbons (Fsp3) is 1.00. The van der Waals surface area contributed by atoms with Gasteiger partial charge in [-0.25, -0.2) is 0 Å². The minimum absolute atomic E-state index is 0.0229. The summed E-state index contributed by atoms with van der Waals surface area (Å²) in [6.07, 6.45) is -33.6. The predicted octanol–water partition coefficient (Wildman–Crippen LogP) is -8.86. The van der Waals surface area contributed by atoms with Crippen molar-refractivity contribution in [3.8, 4) is 0 Å². The van der Waals surface area contributed by atoms with Gasteiger partial charge in [-0.1, -0.05) is 13.8 Å². The van der Waals surface area contributed by atoms with Gasteiger partial charge in [0.05, 0.1) is 64.3 Å². The summed E-state index contributed by atoms with van der Waals surface area (Å²) in [6, 6.07) is 0. The fourth-order valence-corrected chi connectivity index (χ4v) is 12.8. The smallest absolute Gasteiger partial charge is 0.187 e. The van der Waals surface area contributed by atoms with E-state index in [-0.39, 0.29) is 47.6 Å². The highest BCUT2D eigenvalue weighted by molar-refractivity contribution is 4.99. The molecule has 46 heteroatoms. The van der Waals surface area contributed by atoms with E-state index in [9.17, 15) is 108 Å². The fourth-order valence-electron chi connectivity index (χ4n) is 12.8. The summed E-state index contributed by atoms with van der Waals surface area (Å²) in [4.78, 5) is -0.238. The lowest BCUT2D eigenvalue weighted by molar-refractivity contribution is -0.692. The Morgan fingerprint density at radius 1 is 0.377 bits per heavy atom. The van der Waals surface area contributed by atoms with Crippen molar-refractivity contribution in [2.24, 2.45) is 21.6 Å². The van der Waals surface area contributed by atoms with Crippen molar-refractivity contribution in [3.63, 3.8) is 0 Å². The van der Waals surface area contributed by atoms with Crippen LogP contribution in [-0.4, -0.2) is 416 Å². The Bertz CT molecular complexity index is 2460. The second kappa shape index (κ2) is 48.5. The van der Waals surface area contributed by atoms with Crippen LogP contribution in [0.5, 0.6) is 0 Å². The molecule has 106 heavy (non-hydrogen) atoms. The van der Waals surface area contributed by atoms with Crippen molar-refractivity contribution < 1.29 is 148 Å². The minimum atomic E-state index is -1.65. The van der Waals surface area contributed by atoms with Crippen LogP contribution < -0.4 is 21.7 Å². The molecule has 3 unspecified atom stereocenters. The number of nitrogens with zero attached hydrogens (tertiary/aromatic N) is 9. The molecule has 6 heterocycles. The number of rotatable bonds is 40. The van der Waals surface area contributed by atoms with E-state index in [1.165, 1.54) is 40.2 Å². The number of aliphatic hydroxyl groups is 15. The normalized spacial score (nSPS) is 38.2. The predicted molar refractivity (Wildman–Crippen MR) is 359 cm³/mol. The first-order valence-corrected chi connectivity index (χ1v) is 35.5. The Morgan fingerprint density at radius 2 is 0.679 bits per heavy atom. The van der Waals surface area contributed by atoms with Gasteiger partial charge >= 0.3 is 0 Å². The molecule has 0 aromatic carbocycles. The van der Waals surface area contributed by atoms with E-state index in [0.717, 1.165) is 29.4 Å². The van der Waals surface area contributed by atoms with Crippen molar-refractivity contribution in [1.29, 1.82) is 0 Å². The van der Waals surface area contributed by atoms with Crippen LogP contribution in [0.1, 0.15) is 73.1 Å².